The molecule has 2 amide bonds. The first-order chi connectivity index (χ1) is 14.7. The molecule has 2 aromatic rings. The van der Waals surface area contributed by atoms with Crippen LogP contribution in [0, 0.1) is 36.8 Å². The first-order valence-corrected chi connectivity index (χ1v) is 10.5. The Morgan fingerprint density at radius 3 is 2.65 bits per heavy atom. The standard InChI is InChI=1S/C22H29N5O4/c1-14(13-26-17(4)11-16(3)24-26)12-23-21(28)20-6-5-9-25(20)22(29)18-7-8-19(27(30)31)15(2)10-18/h7-8,10-11,14,20H,5-6,9,12-13H2,1-4H3,(H,23,28). The van der Waals surface area contributed by atoms with E-state index >= 15 is 0 Å². The fourth-order valence-electron chi connectivity index (χ4n) is 4.05. The van der Waals surface area contributed by atoms with Crippen molar-refractivity contribution in [2.24, 2.45) is 5.92 Å². The first kappa shape index (κ1) is 22.5. The number of carbonyl (C=O) groups excluding carboxylic acids is 2. The summed E-state index contributed by atoms with van der Waals surface area (Å²) in [7, 11) is 0. The van der Waals surface area contributed by atoms with Gasteiger partial charge in [0.1, 0.15) is 6.04 Å². The van der Waals surface area contributed by atoms with Crippen molar-refractivity contribution in [2.75, 3.05) is 13.1 Å². The molecule has 0 aliphatic carbocycles. The van der Waals surface area contributed by atoms with Gasteiger partial charge in [0, 0.05) is 42.5 Å². The predicted molar refractivity (Wildman–Crippen MR) is 116 cm³/mol. The number of hydrogen-bond acceptors (Lipinski definition) is 5. The summed E-state index contributed by atoms with van der Waals surface area (Å²) in [5.74, 6) is -0.249. The third-order valence-electron chi connectivity index (χ3n) is 5.67. The zero-order chi connectivity index (χ0) is 22.7. The van der Waals surface area contributed by atoms with Crippen LogP contribution < -0.4 is 5.32 Å². The fraction of sp³-hybridized carbons (Fsp3) is 0.500. The van der Waals surface area contributed by atoms with Crippen LogP contribution in [-0.4, -0.2) is 50.5 Å². The maximum atomic E-state index is 13.0. The largest absolute Gasteiger partial charge is 0.354 e. The number of aromatic nitrogens is 2. The summed E-state index contributed by atoms with van der Waals surface area (Å²) in [4.78, 5) is 37.9. The van der Waals surface area contributed by atoms with E-state index in [1.165, 1.54) is 18.2 Å². The molecule has 0 bridgehead atoms. The molecule has 0 spiro atoms. The van der Waals surface area contributed by atoms with Crippen LogP contribution in [0.4, 0.5) is 5.69 Å². The van der Waals surface area contributed by atoms with Gasteiger partial charge in [0.25, 0.3) is 11.6 Å². The Kier molecular flexibility index (Phi) is 6.72. The minimum absolute atomic E-state index is 0.0242. The number of nitro groups is 1. The Morgan fingerprint density at radius 1 is 1.29 bits per heavy atom. The molecule has 0 saturated carbocycles. The average molecular weight is 428 g/mol. The second-order valence-electron chi connectivity index (χ2n) is 8.37. The number of amides is 2. The van der Waals surface area contributed by atoms with Gasteiger partial charge in [0.05, 0.1) is 10.6 Å². The number of rotatable bonds is 7. The maximum absolute atomic E-state index is 13.0. The number of benzene rings is 1. The smallest absolute Gasteiger partial charge is 0.272 e. The third kappa shape index (κ3) is 5.10. The predicted octanol–water partition coefficient (Wildman–Crippen LogP) is 2.77. The minimum Gasteiger partial charge on any atom is -0.354 e. The van der Waals surface area contributed by atoms with Gasteiger partial charge in [-0.2, -0.15) is 5.10 Å². The zero-order valence-electron chi connectivity index (χ0n) is 18.4. The van der Waals surface area contributed by atoms with Crippen molar-refractivity contribution >= 4 is 17.5 Å². The Hall–Kier alpha value is -3.23. The SMILES string of the molecule is Cc1cc(C)n(CC(C)CNC(=O)C2CCCN2C(=O)c2ccc([N+](=O)[O-])c(C)c2)n1. The second-order valence-corrected chi connectivity index (χ2v) is 8.37. The lowest BCUT2D eigenvalue weighted by molar-refractivity contribution is -0.385. The van der Waals surface area contributed by atoms with E-state index in [-0.39, 0.29) is 23.4 Å². The Morgan fingerprint density at radius 2 is 2.03 bits per heavy atom. The number of nitro benzene ring substituents is 1. The number of likely N-dealkylation sites (tertiary alicyclic amines) is 1. The van der Waals surface area contributed by atoms with E-state index in [2.05, 4.69) is 10.4 Å². The molecule has 1 N–H and O–H groups in total. The molecule has 1 aromatic carbocycles. The molecule has 31 heavy (non-hydrogen) atoms. The van der Waals surface area contributed by atoms with E-state index in [4.69, 9.17) is 0 Å². The normalized spacial score (nSPS) is 16.9. The van der Waals surface area contributed by atoms with Crippen LogP contribution in [0.5, 0.6) is 0 Å². The average Bonchev–Trinajstić information content (AvgIpc) is 3.31. The summed E-state index contributed by atoms with van der Waals surface area (Å²) in [6.07, 6.45) is 1.35. The molecule has 9 nitrogen and oxygen atoms in total. The molecule has 1 aliphatic rings. The highest BCUT2D eigenvalue weighted by atomic mass is 16.6. The minimum atomic E-state index is -0.524. The van der Waals surface area contributed by atoms with E-state index in [0.29, 0.717) is 37.2 Å². The van der Waals surface area contributed by atoms with Crippen LogP contribution in [0.2, 0.25) is 0 Å². The number of hydrogen-bond donors (Lipinski definition) is 1. The van der Waals surface area contributed by atoms with Gasteiger partial charge >= 0.3 is 0 Å². The highest BCUT2D eigenvalue weighted by molar-refractivity contribution is 5.98. The molecule has 1 aliphatic heterocycles. The van der Waals surface area contributed by atoms with E-state index in [1.54, 1.807) is 11.8 Å². The second kappa shape index (κ2) is 9.28. The van der Waals surface area contributed by atoms with E-state index in [0.717, 1.165) is 17.8 Å². The van der Waals surface area contributed by atoms with Crippen LogP contribution in [0.15, 0.2) is 24.3 Å². The van der Waals surface area contributed by atoms with E-state index in [1.807, 2.05) is 31.5 Å². The van der Waals surface area contributed by atoms with Gasteiger partial charge in [0.2, 0.25) is 5.91 Å². The van der Waals surface area contributed by atoms with Gasteiger partial charge < -0.3 is 10.2 Å². The number of carbonyl (C=O) groups is 2. The molecule has 2 unspecified atom stereocenters. The molecule has 2 atom stereocenters. The summed E-state index contributed by atoms with van der Waals surface area (Å²) in [6, 6.07) is 5.81. The summed E-state index contributed by atoms with van der Waals surface area (Å²) in [5, 5.41) is 18.5. The quantitative estimate of drug-likeness (QED) is 0.540. The molecule has 0 radical (unpaired) electrons. The van der Waals surface area contributed by atoms with Gasteiger partial charge in [-0.25, -0.2) is 0 Å². The molecule has 1 fully saturated rings. The Bertz CT molecular complexity index is 1000. The van der Waals surface area contributed by atoms with Crippen LogP contribution >= 0.6 is 0 Å². The number of nitrogens with zero attached hydrogens (tertiary/aromatic N) is 4. The van der Waals surface area contributed by atoms with Crippen LogP contribution in [-0.2, 0) is 11.3 Å². The van der Waals surface area contributed by atoms with Crippen LogP contribution in [0.25, 0.3) is 0 Å². The van der Waals surface area contributed by atoms with Gasteiger partial charge in [-0.3, -0.25) is 24.4 Å². The van der Waals surface area contributed by atoms with E-state index < -0.39 is 11.0 Å². The molecule has 166 valence electrons. The van der Waals surface area contributed by atoms with Gasteiger partial charge in [-0.1, -0.05) is 6.92 Å². The topological polar surface area (TPSA) is 110 Å². The van der Waals surface area contributed by atoms with Gasteiger partial charge in [-0.15, -0.1) is 0 Å². The molecule has 9 heteroatoms. The fourth-order valence-corrected chi connectivity index (χ4v) is 4.05. The molecular formula is C22H29N5O4. The lowest BCUT2D eigenvalue weighted by Crippen LogP contribution is -2.47. The molecule has 3 rings (SSSR count). The Labute approximate surface area is 181 Å². The number of nitrogens with one attached hydrogen (secondary N) is 1. The van der Waals surface area contributed by atoms with Crippen LogP contribution in [0.1, 0.15) is 47.1 Å². The zero-order valence-corrected chi connectivity index (χ0v) is 18.4. The lowest BCUT2D eigenvalue weighted by atomic mass is 10.1. The summed E-state index contributed by atoms with van der Waals surface area (Å²) >= 11 is 0. The lowest BCUT2D eigenvalue weighted by Gasteiger charge is -2.25. The van der Waals surface area contributed by atoms with Crippen molar-refractivity contribution in [3.63, 3.8) is 0 Å². The van der Waals surface area contributed by atoms with Crippen molar-refractivity contribution in [3.8, 4) is 0 Å². The highest BCUT2D eigenvalue weighted by Crippen LogP contribution is 2.24. The molecule has 1 aromatic heterocycles. The van der Waals surface area contributed by atoms with Crippen LogP contribution in [0.3, 0.4) is 0 Å². The van der Waals surface area contributed by atoms with Gasteiger partial charge in [-0.05, 0) is 57.7 Å². The van der Waals surface area contributed by atoms with Crippen molar-refractivity contribution in [1.29, 1.82) is 0 Å². The highest BCUT2D eigenvalue weighted by Gasteiger charge is 2.34. The van der Waals surface area contributed by atoms with Crippen molar-refractivity contribution in [2.45, 2.75) is 53.1 Å². The van der Waals surface area contributed by atoms with Crippen molar-refractivity contribution in [3.05, 3.63) is 56.9 Å². The molecule has 1 saturated heterocycles. The summed E-state index contributed by atoms with van der Waals surface area (Å²) in [5.41, 5.74) is 2.82. The Balaban J connectivity index is 1.61. The maximum Gasteiger partial charge on any atom is 0.272 e. The summed E-state index contributed by atoms with van der Waals surface area (Å²) < 4.78 is 1.94. The molecule has 2 heterocycles. The molecular weight excluding hydrogens is 398 g/mol. The third-order valence-corrected chi connectivity index (χ3v) is 5.67. The summed E-state index contributed by atoms with van der Waals surface area (Å²) in [6.45, 7) is 9.30. The first-order valence-electron chi connectivity index (χ1n) is 10.5. The van der Waals surface area contributed by atoms with E-state index in [9.17, 15) is 19.7 Å². The van der Waals surface area contributed by atoms with Gasteiger partial charge in [0.15, 0.2) is 0 Å². The van der Waals surface area contributed by atoms with Crippen molar-refractivity contribution < 1.29 is 14.5 Å². The van der Waals surface area contributed by atoms with Crippen molar-refractivity contribution in [1.82, 2.24) is 20.0 Å². The monoisotopic (exact) mass is 427 g/mol. The number of aryl methyl sites for hydroxylation is 3.